The zero-order chi connectivity index (χ0) is 10.0. The Morgan fingerprint density at radius 2 is 1.17 bits per heavy atom. The number of nitrogens with two attached hydrogens (primary N) is 1. The van der Waals surface area contributed by atoms with Crippen molar-refractivity contribution >= 4 is 7.25 Å². The number of aliphatic hydroxyl groups excluding tert-OH is 2. The number of hydrogen-bond donors (Lipinski definition) is 3. The second-order valence-electron chi connectivity index (χ2n) is 1.81. The van der Waals surface area contributed by atoms with E-state index in [1.165, 1.54) is 0 Å². The Morgan fingerprint density at radius 3 is 1.33 bits per heavy atom. The zero-order valence-electron chi connectivity index (χ0n) is 6.39. The van der Waals surface area contributed by atoms with Crippen molar-refractivity contribution in [2.24, 2.45) is 0 Å². The SMILES string of the molecule is F[B-](F)(F)F.OCC[NH2+]CCO. The maximum absolute atomic E-state index is 9.75. The molecule has 0 atom stereocenters. The lowest BCUT2D eigenvalue weighted by Crippen LogP contribution is -2.85. The van der Waals surface area contributed by atoms with Crippen LogP contribution in [-0.2, 0) is 0 Å². The molecular formula is C4H12BF4NO2. The van der Waals surface area contributed by atoms with Crippen LogP contribution in [0, 0.1) is 0 Å². The number of aliphatic hydroxyl groups is 2. The van der Waals surface area contributed by atoms with Crippen molar-refractivity contribution < 1.29 is 32.8 Å². The van der Waals surface area contributed by atoms with Gasteiger partial charge in [-0.3, -0.25) is 0 Å². The first-order valence-electron chi connectivity index (χ1n) is 3.32. The predicted molar refractivity (Wildman–Crippen MR) is 36.0 cm³/mol. The smallest absolute Gasteiger partial charge is 0.418 e. The Morgan fingerprint density at radius 1 is 0.917 bits per heavy atom. The van der Waals surface area contributed by atoms with Gasteiger partial charge < -0.3 is 32.8 Å². The summed E-state index contributed by atoms with van der Waals surface area (Å²) in [4.78, 5) is 0. The highest BCUT2D eigenvalue weighted by Gasteiger charge is 2.20. The molecule has 0 bridgehead atoms. The van der Waals surface area contributed by atoms with Gasteiger partial charge in [0.25, 0.3) is 0 Å². The molecule has 0 aliphatic heterocycles. The topological polar surface area (TPSA) is 57.1 Å². The highest BCUT2D eigenvalue weighted by Crippen LogP contribution is 2.06. The van der Waals surface area contributed by atoms with E-state index >= 15 is 0 Å². The van der Waals surface area contributed by atoms with Gasteiger partial charge in [-0.05, 0) is 0 Å². The summed E-state index contributed by atoms with van der Waals surface area (Å²) in [5, 5.41) is 18.2. The summed E-state index contributed by atoms with van der Waals surface area (Å²) in [7, 11) is -6.00. The molecule has 0 spiro atoms. The number of rotatable bonds is 4. The van der Waals surface area contributed by atoms with E-state index in [9.17, 15) is 17.3 Å². The molecule has 4 N–H and O–H groups in total. The molecule has 0 rings (SSSR count). The van der Waals surface area contributed by atoms with Gasteiger partial charge in [-0.15, -0.1) is 0 Å². The van der Waals surface area contributed by atoms with Gasteiger partial charge in [0, 0.05) is 0 Å². The van der Waals surface area contributed by atoms with Gasteiger partial charge in [-0.2, -0.15) is 0 Å². The zero-order valence-corrected chi connectivity index (χ0v) is 6.39. The van der Waals surface area contributed by atoms with Crippen LogP contribution in [0.15, 0.2) is 0 Å². The fourth-order valence-corrected chi connectivity index (χ4v) is 0.327. The van der Waals surface area contributed by atoms with Crippen LogP contribution in [0.1, 0.15) is 0 Å². The molecule has 8 heteroatoms. The summed E-state index contributed by atoms with van der Waals surface area (Å²) in [6, 6.07) is 0. The molecule has 0 unspecified atom stereocenters. The lowest BCUT2D eigenvalue weighted by atomic mass is 10.3. The molecule has 0 aromatic carbocycles. The van der Waals surface area contributed by atoms with E-state index < -0.39 is 7.25 Å². The van der Waals surface area contributed by atoms with Gasteiger partial charge in [-0.25, -0.2) is 0 Å². The van der Waals surface area contributed by atoms with Crippen LogP contribution in [-0.4, -0.2) is 43.8 Å². The lowest BCUT2D eigenvalue weighted by molar-refractivity contribution is -0.657. The van der Waals surface area contributed by atoms with Crippen LogP contribution < -0.4 is 5.32 Å². The molecule has 0 aromatic heterocycles. The summed E-state index contributed by atoms with van der Waals surface area (Å²) in [6.45, 7) is 1.78. The molecule has 0 heterocycles. The second-order valence-corrected chi connectivity index (χ2v) is 1.81. The van der Waals surface area contributed by atoms with Crippen molar-refractivity contribution in [3.8, 4) is 0 Å². The maximum Gasteiger partial charge on any atom is 0.673 e. The van der Waals surface area contributed by atoms with Crippen molar-refractivity contribution in [1.82, 2.24) is 0 Å². The molecule has 0 aromatic rings. The molecular weight excluding hydrogens is 181 g/mol. The molecule has 76 valence electrons. The molecule has 0 aliphatic carbocycles. The van der Waals surface area contributed by atoms with Gasteiger partial charge in [0.2, 0.25) is 0 Å². The van der Waals surface area contributed by atoms with Crippen molar-refractivity contribution in [1.29, 1.82) is 0 Å². The van der Waals surface area contributed by atoms with E-state index in [0.717, 1.165) is 0 Å². The Hall–Kier alpha value is -0.335. The first kappa shape index (κ1) is 14.2. The third kappa shape index (κ3) is 54.0. The predicted octanol–water partition coefficient (Wildman–Crippen LogP) is -1.17. The van der Waals surface area contributed by atoms with Gasteiger partial charge >= 0.3 is 7.25 Å². The number of hydrogen-bond acceptors (Lipinski definition) is 2. The third-order valence-corrected chi connectivity index (χ3v) is 0.666. The Labute approximate surface area is 67.5 Å². The van der Waals surface area contributed by atoms with Crippen molar-refractivity contribution in [2.75, 3.05) is 26.3 Å². The molecule has 3 nitrogen and oxygen atoms in total. The highest BCUT2D eigenvalue weighted by molar-refractivity contribution is 6.50. The number of halogens is 4. The largest absolute Gasteiger partial charge is 0.673 e. The standard InChI is InChI=1S/C4H11NO2.BF4/c6-3-1-5-2-4-7;2-1(3,4)5/h5-7H,1-4H2;/q;-1/p+1. The van der Waals surface area contributed by atoms with Crippen molar-refractivity contribution in [3.05, 3.63) is 0 Å². The second kappa shape index (κ2) is 8.76. The van der Waals surface area contributed by atoms with Crippen LogP contribution in [0.4, 0.5) is 17.3 Å². The molecule has 0 radical (unpaired) electrons. The van der Waals surface area contributed by atoms with E-state index in [2.05, 4.69) is 0 Å². The molecule has 0 saturated heterocycles. The van der Waals surface area contributed by atoms with Crippen LogP contribution >= 0.6 is 0 Å². The van der Waals surface area contributed by atoms with Gasteiger partial charge in [0.15, 0.2) is 0 Å². The van der Waals surface area contributed by atoms with Crippen molar-refractivity contribution in [2.45, 2.75) is 0 Å². The van der Waals surface area contributed by atoms with Crippen molar-refractivity contribution in [3.63, 3.8) is 0 Å². The Balaban J connectivity index is 0. The summed E-state index contributed by atoms with van der Waals surface area (Å²) in [5.74, 6) is 0. The fraction of sp³-hybridized carbons (Fsp3) is 1.00. The van der Waals surface area contributed by atoms with Crippen LogP contribution in [0.25, 0.3) is 0 Å². The first-order chi connectivity index (χ1) is 5.41. The van der Waals surface area contributed by atoms with Crippen LogP contribution in [0.2, 0.25) is 0 Å². The summed E-state index contributed by atoms with van der Waals surface area (Å²) < 4.78 is 39.0. The van der Waals surface area contributed by atoms with E-state index in [4.69, 9.17) is 10.2 Å². The van der Waals surface area contributed by atoms with Gasteiger partial charge in [0.05, 0.1) is 26.3 Å². The molecule has 0 saturated carbocycles. The normalized spacial score (nSPS) is 10.5. The van der Waals surface area contributed by atoms with E-state index in [0.29, 0.717) is 13.1 Å². The van der Waals surface area contributed by atoms with Crippen LogP contribution in [0.5, 0.6) is 0 Å². The van der Waals surface area contributed by atoms with E-state index in [-0.39, 0.29) is 13.2 Å². The summed E-state index contributed by atoms with van der Waals surface area (Å²) in [6.07, 6.45) is 0. The molecule has 0 aliphatic rings. The minimum Gasteiger partial charge on any atom is -0.418 e. The quantitative estimate of drug-likeness (QED) is 0.299. The molecule has 0 fully saturated rings. The fourth-order valence-electron chi connectivity index (χ4n) is 0.327. The van der Waals surface area contributed by atoms with Crippen LogP contribution in [0.3, 0.4) is 0 Å². The van der Waals surface area contributed by atoms with Gasteiger partial charge in [0.1, 0.15) is 0 Å². The average molecular weight is 193 g/mol. The average Bonchev–Trinajstić information content (AvgIpc) is 1.85. The first-order valence-corrected chi connectivity index (χ1v) is 3.32. The molecule has 0 amide bonds. The number of quaternary nitrogens is 1. The monoisotopic (exact) mass is 193 g/mol. The Kier molecular flexibility index (Phi) is 10.4. The maximum atomic E-state index is 9.75. The summed E-state index contributed by atoms with van der Waals surface area (Å²) >= 11 is 0. The third-order valence-electron chi connectivity index (χ3n) is 0.666. The Bertz CT molecular complexity index is 81.6. The highest BCUT2D eigenvalue weighted by atomic mass is 19.5. The van der Waals surface area contributed by atoms with E-state index in [1.54, 1.807) is 0 Å². The van der Waals surface area contributed by atoms with Gasteiger partial charge in [-0.1, -0.05) is 0 Å². The van der Waals surface area contributed by atoms with E-state index in [1.807, 2.05) is 5.32 Å². The molecule has 12 heavy (non-hydrogen) atoms. The minimum absolute atomic E-state index is 0.194. The lowest BCUT2D eigenvalue weighted by Gasteiger charge is -1.94. The minimum atomic E-state index is -6.00. The summed E-state index contributed by atoms with van der Waals surface area (Å²) in [5.41, 5.74) is 0.